The second-order valence-electron chi connectivity index (χ2n) is 8.03. The summed E-state index contributed by atoms with van der Waals surface area (Å²) >= 11 is 0. The quantitative estimate of drug-likeness (QED) is 0.451. The van der Waals surface area contributed by atoms with Crippen molar-refractivity contribution in [2.45, 2.75) is 95.7 Å². The van der Waals surface area contributed by atoms with Crippen LogP contribution >= 0.6 is 0 Å². The first-order valence-corrected chi connectivity index (χ1v) is 10.5. The van der Waals surface area contributed by atoms with Crippen molar-refractivity contribution in [3.05, 3.63) is 11.6 Å². The molecule has 0 bridgehead atoms. The molecule has 156 valence electrons. The lowest BCUT2D eigenvalue weighted by atomic mass is 9.74. The molecule has 27 heavy (non-hydrogen) atoms. The number of ketones is 1. The molecule has 4 N–H and O–H groups in total. The van der Waals surface area contributed by atoms with Crippen molar-refractivity contribution < 1.29 is 30.0 Å². The molecule has 1 heterocycles. The number of allylic oxidation sites excluding steroid dienone is 1. The molecule has 7 atom stereocenters. The van der Waals surface area contributed by atoms with Crippen LogP contribution in [0.15, 0.2) is 11.6 Å². The number of hydrogen-bond donors (Lipinski definition) is 4. The first-order chi connectivity index (χ1) is 12.9. The second-order valence-corrected chi connectivity index (χ2v) is 8.03. The molecular weight excluding hydrogens is 348 g/mol. The molecule has 2 rings (SSSR count). The molecule has 0 aromatic rings. The van der Waals surface area contributed by atoms with E-state index in [1.54, 1.807) is 0 Å². The highest BCUT2D eigenvalue weighted by Crippen LogP contribution is 2.37. The molecule has 0 aromatic heterocycles. The number of ether oxygens (including phenoxy) is 1. The predicted molar refractivity (Wildman–Crippen MR) is 102 cm³/mol. The van der Waals surface area contributed by atoms with E-state index in [9.17, 15) is 25.2 Å². The number of carbonyl (C=O) groups is 1. The maximum Gasteiger partial charge on any atom is 0.161 e. The van der Waals surface area contributed by atoms with Gasteiger partial charge in [-0.1, -0.05) is 52.0 Å². The molecule has 6 heteroatoms. The summed E-state index contributed by atoms with van der Waals surface area (Å²) in [6.45, 7) is 3.80. The Bertz CT molecular complexity index is 503. The van der Waals surface area contributed by atoms with E-state index in [0.717, 1.165) is 19.3 Å². The molecule has 2 aliphatic rings. The molecule has 0 aromatic carbocycles. The topological polar surface area (TPSA) is 107 Å². The Hall–Kier alpha value is -0.790. The first-order valence-electron chi connectivity index (χ1n) is 10.5. The lowest BCUT2D eigenvalue weighted by Gasteiger charge is -2.42. The number of rotatable bonds is 9. The van der Waals surface area contributed by atoms with Crippen LogP contribution in [-0.2, 0) is 9.53 Å². The fourth-order valence-electron chi connectivity index (χ4n) is 4.36. The normalized spacial score (nSPS) is 37.3. The van der Waals surface area contributed by atoms with Gasteiger partial charge in [0.05, 0.1) is 6.61 Å². The molecule has 1 aliphatic heterocycles. The van der Waals surface area contributed by atoms with Crippen LogP contribution in [0.5, 0.6) is 0 Å². The van der Waals surface area contributed by atoms with E-state index in [2.05, 4.69) is 13.8 Å². The van der Waals surface area contributed by atoms with Crippen LogP contribution in [0.3, 0.4) is 0 Å². The summed E-state index contributed by atoms with van der Waals surface area (Å²) in [6.07, 6.45) is 4.02. The van der Waals surface area contributed by atoms with E-state index in [1.165, 1.54) is 25.7 Å². The summed E-state index contributed by atoms with van der Waals surface area (Å²) in [4.78, 5) is 12.8. The molecule has 6 nitrogen and oxygen atoms in total. The van der Waals surface area contributed by atoms with Gasteiger partial charge in [0, 0.05) is 12.0 Å². The lowest BCUT2D eigenvalue weighted by molar-refractivity contribution is -0.220. The van der Waals surface area contributed by atoms with Gasteiger partial charge in [-0.05, 0) is 24.7 Å². The number of hydrogen-bond acceptors (Lipinski definition) is 6. The zero-order chi connectivity index (χ0) is 20.0. The molecule has 0 amide bonds. The summed E-state index contributed by atoms with van der Waals surface area (Å²) in [5.74, 6) is 0.469. The first kappa shape index (κ1) is 22.5. The molecular formula is C21H36O6. The van der Waals surface area contributed by atoms with Gasteiger partial charge in [0.2, 0.25) is 0 Å². The van der Waals surface area contributed by atoms with Gasteiger partial charge in [-0.3, -0.25) is 4.79 Å². The molecule has 6 unspecified atom stereocenters. The van der Waals surface area contributed by atoms with Crippen molar-refractivity contribution in [2.24, 2.45) is 11.8 Å². The Morgan fingerprint density at radius 3 is 2.37 bits per heavy atom. The van der Waals surface area contributed by atoms with Crippen LogP contribution in [0.25, 0.3) is 0 Å². The summed E-state index contributed by atoms with van der Waals surface area (Å²) in [7, 11) is 0. The third-order valence-corrected chi connectivity index (χ3v) is 6.12. The Morgan fingerprint density at radius 1 is 1.04 bits per heavy atom. The third-order valence-electron chi connectivity index (χ3n) is 6.12. The Morgan fingerprint density at radius 2 is 1.74 bits per heavy atom. The number of Topliss-reactive ketones (excluding diaryl/α,β-unsaturated/α-hetero) is 1. The average molecular weight is 385 g/mol. The van der Waals surface area contributed by atoms with Crippen molar-refractivity contribution in [3.8, 4) is 0 Å². The SMILES string of the molecule is CCCCCCC[C@@H]1CC(=O)C(C2OC(CO)C(O)C(O)C2O)=CC1CC. The smallest absolute Gasteiger partial charge is 0.161 e. The van der Waals surface area contributed by atoms with Gasteiger partial charge >= 0.3 is 0 Å². The number of aliphatic hydroxyl groups is 4. The second kappa shape index (κ2) is 10.7. The molecule has 1 fully saturated rings. The van der Waals surface area contributed by atoms with Gasteiger partial charge in [0.1, 0.15) is 30.5 Å². The van der Waals surface area contributed by atoms with Crippen molar-refractivity contribution >= 4 is 5.78 Å². The predicted octanol–water partition coefficient (Wildman–Crippen LogP) is 1.73. The van der Waals surface area contributed by atoms with Crippen LogP contribution in [0, 0.1) is 11.8 Å². The molecule has 0 radical (unpaired) electrons. The summed E-state index contributed by atoms with van der Waals surface area (Å²) in [5, 5.41) is 39.7. The van der Waals surface area contributed by atoms with Crippen molar-refractivity contribution in [1.29, 1.82) is 0 Å². The summed E-state index contributed by atoms with van der Waals surface area (Å²) < 4.78 is 5.59. The van der Waals surface area contributed by atoms with Crippen LogP contribution in [-0.4, -0.2) is 63.3 Å². The van der Waals surface area contributed by atoms with Crippen molar-refractivity contribution in [2.75, 3.05) is 6.61 Å². The zero-order valence-electron chi connectivity index (χ0n) is 16.6. The van der Waals surface area contributed by atoms with Gasteiger partial charge in [-0.2, -0.15) is 0 Å². The van der Waals surface area contributed by atoms with E-state index < -0.39 is 37.1 Å². The molecule has 0 spiro atoms. The minimum atomic E-state index is -1.45. The van der Waals surface area contributed by atoms with Crippen molar-refractivity contribution in [3.63, 3.8) is 0 Å². The minimum absolute atomic E-state index is 0.0670. The van der Waals surface area contributed by atoms with Gasteiger partial charge in [0.25, 0.3) is 0 Å². The number of carbonyl (C=O) groups excluding carboxylic acids is 1. The maximum atomic E-state index is 12.8. The monoisotopic (exact) mass is 384 g/mol. The molecule has 0 saturated carbocycles. The highest BCUT2D eigenvalue weighted by molar-refractivity contribution is 5.97. The Kier molecular flexibility index (Phi) is 8.89. The summed E-state index contributed by atoms with van der Waals surface area (Å²) in [5.41, 5.74) is 0.376. The number of unbranched alkanes of at least 4 members (excludes halogenated alkanes) is 4. The van der Waals surface area contributed by atoms with Gasteiger partial charge in [-0.15, -0.1) is 0 Å². The fourth-order valence-corrected chi connectivity index (χ4v) is 4.36. The average Bonchev–Trinajstić information content (AvgIpc) is 2.67. The maximum absolute atomic E-state index is 12.8. The van der Waals surface area contributed by atoms with Gasteiger partial charge in [0.15, 0.2) is 5.78 Å². The molecule has 1 saturated heterocycles. The summed E-state index contributed by atoms with van der Waals surface area (Å²) in [6, 6.07) is 0. The number of aliphatic hydroxyl groups excluding tert-OH is 4. The Balaban J connectivity index is 2.07. The fraction of sp³-hybridized carbons (Fsp3) is 0.857. The standard InChI is InChI=1S/C21H36O6/c1-3-5-6-7-8-9-14-11-16(23)15(10-13(14)4-2)21-20(26)19(25)18(24)17(12-22)27-21/h10,13-14,17-22,24-26H,3-9,11-12H2,1-2H3/t13?,14-,17?,18?,19?,20?,21?/m1/s1. The van der Waals surface area contributed by atoms with Crippen molar-refractivity contribution in [1.82, 2.24) is 0 Å². The zero-order valence-corrected chi connectivity index (χ0v) is 16.6. The van der Waals surface area contributed by atoms with E-state index in [4.69, 9.17) is 4.74 Å². The van der Waals surface area contributed by atoms with Crippen LogP contribution in [0.4, 0.5) is 0 Å². The van der Waals surface area contributed by atoms with Crippen LogP contribution in [0.2, 0.25) is 0 Å². The van der Waals surface area contributed by atoms with Crippen LogP contribution in [0.1, 0.15) is 65.2 Å². The largest absolute Gasteiger partial charge is 0.394 e. The molecule has 1 aliphatic carbocycles. The Labute approximate surface area is 162 Å². The highest BCUT2D eigenvalue weighted by Gasteiger charge is 2.47. The minimum Gasteiger partial charge on any atom is -0.394 e. The third kappa shape index (κ3) is 5.39. The van der Waals surface area contributed by atoms with E-state index >= 15 is 0 Å². The van der Waals surface area contributed by atoms with Gasteiger partial charge < -0.3 is 25.2 Å². The van der Waals surface area contributed by atoms with E-state index in [0.29, 0.717) is 17.9 Å². The van der Waals surface area contributed by atoms with Gasteiger partial charge in [-0.25, -0.2) is 0 Å². The van der Waals surface area contributed by atoms with E-state index in [1.807, 2.05) is 6.08 Å². The van der Waals surface area contributed by atoms with Crippen LogP contribution < -0.4 is 0 Å². The lowest BCUT2D eigenvalue weighted by Crippen LogP contribution is -2.59. The highest BCUT2D eigenvalue weighted by atomic mass is 16.5. The van der Waals surface area contributed by atoms with E-state index in [-0.39, 0.29) is 11.7 Å².